The van der Waals surface area contributed by atoms with Crippen LogP contribution in [0.1, 0.15) is 27.2 Å². The minimum absolute atomic E-state index is 0.162. The monoisotopic (exact) mass is 299 g/mol. The number of piperazine rings is 1. The van der Waals surface area contributed by atoms with E-state index in [2.05, 4.69) is 35.9 Å². The van der Waals surface area contributed by atoms with Gasteiger partial charge in [0.25, 0.3) is 0 Å². The van der Waals surface area contributed by atoms with Crippen LogP contribution in [-0.2, 0) is 4.74 Å². The molecule has 21 heavy (non-hydrogen) atoms. The van der Waals surface area contributed by atoms with Crippen molar-refractivity contribution in [2.75, 3.05) is 65.6 Å². The Morgan fingerprint density at radius 3 is 2.33 bits per heavy atom. The zero-order chi connectivity index (χ0) is 15.3. The summed E-state index contributed by atoms with van der Waals surface area (Å²) in [5.41, 5.74) is 0.432. The largest absolute Gasteiger partial charge is 0.395 e. The lowest BCUT2D eigenvalue weighted by Gasteiger charge is -2.40. The first-order chi connectivity index (χ1) is 9.92. The van der Waals surface area contributed by atoms with Crippen molar-refractivity contribution < 1.29 is 9.84 Å². The fraction of sp³-hybridized carbons (Fsp3) is 1.00. The van der Waals surface area contributed by atoms with Gasteiger partial charge >= 0.3 is 0 Å². The molecule has 5 heteroatoms. The Hall–Kier alpha value is -0.200. The van der Waals surface area contributed by atoms with Gasteiger partial charge in [-0.05, 0) is 27.2 Å². The Kier molecular flexibility index (Phi) is 6.03. The summed E-state index contributed by atoms with van der Waals surface area (Å²) in [5.74, 6) is 0. The van der Waals surface area contributed by atoms with Gasteiger partial charge in [-0.1, -0.05) is 0 Å². The number of rotatable bonds is 6. The zero-order valence-corrected chi connectivity index (χ0v) is 14.0. The molecule has 0 aliphatic carbocycles. The van der Waals surface area contributed by atoms with E-state index >= 15 is 0 Å². The second kappa shape index (κ2) is 7.38. The molecule has 2 N–H and O–H groups in total. The van der Waals surface area contributed by atoms with Crippen LogP contribution in [0.3, 0.4) is 0 Å². The molecule has 0 spiro atoms. The highest BCUT2D eigenvalue weighted by Crippen LogP contribution is 2.30. The van der Waals surface area contributed by atoms with E-state index in [9.17, 15) is 0 Å². The van der Waals surface area contributed by atoms with Crippen LogP contribution in [0.2, 0.25) is 0 Å². The highest BCUT2D eigenvalue weighted by Gasteiger charge is 2.37. The average Bonchev–Trinajstić information content (AvgIpc) is 2.88. The van der Waals surface area contributed by atoms with Crippen molar-refractivity contribution in [1.29, 1.82) is 0 Å². The molecule has 2 aliphatic heterocycles. The predicted octanol–water partition coefficient (Wildman–Crippen LogP) is 0.391. The van der Waals surface area contributed by atoms with E-state index in [1.807, 2.05) is 0 Å². The zero-order valence-electron chi connectivity index (χ0n) is 14.0. The first-order valence-corrected chi connectivity index (χ1v) is 8.31. The van der Waals surface area contributed by atoms with E-state index in [-0.39, 0.29) is 17.6 Å². The maximum atomic E-state index is 9.02. The van der Waals surface area contributed by atoms with Crippen molar-refractivity contribution in [2.24, 2.45) is 5.41 Å². The van der Waals surface area contributed by atoms with Crippen LogP contribution in [-0.4, -0.2) is 86.1 Å². The van der Waals surface area contributed by atoms with Crippen LogP contribution in [0.4, 0.5) is 0 Å². The molecule has 5 nitrogen and oxygen atoms in total. The van der Waals surface area contributed by atoms with E-state index in [0.717, 1.165) is 65.4 Å². The SMILES string of the molecule is CC(C)(C)NCC1(CN2CCN(CCO)CC2)CCOC1. The number of hydrogen-bond donors (Lipinski definition) is 2. The maximum absolute atomic E-state index is 9.02. The predicted molar refractivity (Wildman–Crippen MR) is 85.6 cm³/mol. The van der Waals surface area contributed by atoms with Gasteiger partial charge in [-0.3, -0.25) is 4.90 Å². The molecule has 2 aliphatic rings. The van der Waals surface area contributed by atoms with Crippen molar-refractivity contribution >= 4 is 0 Å². The maximum Gasteiger partial charge on any atom is 0.0558 e. The molecule has 0 aromatic heterocycles. The van der Waals surface area contributed by atoms with E-state index in [1.165, 1.54) is 0 Å². The summed E-state index contributed by atoms with van der Waals surface area (Å²) < 4.78 is 5.72. The molecule has 1 unspecified atom stereocenters. The van der Waals surface area contributed by atoms with E-state index in [4.69, 9.17) is 9.84 Å². The minimum Gasteiger partial charge on any atom is -0.395 e. The first-order valence-electron chi connectivity index (χ1n) is 8.31. The van der Waals surface area contributed by atoms with Gasteiger partial charge in [-0.2, -0.15) is 0 Å². The van der Waals surface area contributed by atoms with Crippen molar-refractivity contribution in [3.8, 4) is 0 Å². The third kappa shape index (κ3) is 5.49. The first kappa shape index (κ1) is 17.2. The molecule has 0 radical (unpaired) electrons. The van der Waals surface area contributed by atoms with Gasteiger partial charge in [-0.15, -0.1) is 0 Å². The van der Waals surface area contributed by atoms with Crippen LogP contribution >= 0.6 is 0 Å². The van der Waals surface area contributed by atoms with Gasteiger partial charge in [0.05, 0.1) is 13.2 Å². The summed E-state index contributed by atoms with van der Waals surface area (Å²) in [6.07, 6.45) is 1.16. The molecular weight excluding hydrogens is 266 g/mol. The Bertz CT molecular complexity index is 303. The van der Waals surface area contributed by atoms with Gasteiger partial charge in [-0.25, -0.2) is 0 Å². The van der Waals surface area contributed by atoms with Crippen LogP contribution in [0, 0.1) is 5.41 Å². The summed E-state index contributed by atoms with van der Waals surface area (Å²) in [6, 6.07) is 0. The van der Waals surface area contributed by atoms with Crippen molar-refractivity contribution in [2.45, 2.75) is 32.7 Å². The summed E-state index contributed by atoms with van der Waals surface area (Å²) in [5, 5.41) is 12.7. The normalized spacial score (nSPS) is 29.1. The Morgan fingerprint density at radius 2 is 1.81 bits per heavy atom. The summed E-state index contributed by atoms with van der Waals surface area (Å²) >= 11 is 0. The van der Waals surface area contributed by atoms with Gasteiger partial charge in [0.15, 0.2) is 0 Å². The molecule has 2 saturated heterocycles. The summed E-state index contributed by atoms with van der Waals surface area (Å²) in [4.78, 5) is 4.93. The molecule has 0 saturated carbocycles. The van der Waals surface area contributed by atoms with Crippen LogP contribution < -0.4 is 5.32 Å². The Morgan fingerprint density at radius 1 is 1.14 bits per heavy atom. The highest BCUT2D eigenvalue weighted by molar-refractivity contribution is 4.91. The number of aliphatic hydroxyl groups excluding tert-OH is 1. The molecule has 0 bridgehead atoms. The standard InChI is InChI=1S/C16H33N3O2/c1-15(2,3)17-12-16(4-11-21-14-16)13-19-7-5-18(6-8-19)9-10-20/h17,20H,4-14H2,1-3H3. The quantitative estimate of drug-likeness (QED) is 0.743. The average molecular weight is 299 g/mol. The number of hydrogen-bond acceptors (Lipinski definition) is 5. The molecular formula is C16H33N3O2. The number of aliphatic hydroxyl groups is 1. The Balaban J connectivity index is 1.83. The van der Waals surface area contributed by atoms with Crippen molar-refractivity contribution in [1.82, 2.24) is 15.1 Å². The third-order valence-corrected chi connectivity index (χ3v) is 4.62. The lowest BCUT2D eigenvalue weighted by molar-refractivity contribution is 0.0622. The highest BCUT2D eigenvalue weighted by atomic mass is 16.5. The van der Waals surface area contributed by atoms with Crippen molar-refractivity contribution in [3.05, 3.63) is 0 Å². The van der Waals surface area contributed by atoms with Crippen molar-refractivity contribution in [3.63, 3.8) is 0 Å². The van der Waals surface area contributed by atoms with E-state index < -0.39 is 0 Å². The molecule has 124 valence electrons. The smallest absolute Gasteiger partial charge is 0.0558 e. The van der Waals surface area contributed by atoms with E-state index in [1.54, 1.807) is 0 Å². The fourth-order valence-corrected chi connectivity index (χ4v) is 3.21. The topological polar surface area (TPSA) is 48.0 Å². The van der Waals surface area contributed by atoms with Crippen LogP contribution in [0.5, 0.6) is 0 Å². The second-order valence-corrected chi connectivity index (χ2v) is 7.75. The number of β-amino-alcohol motifs (C(OH)–C–C–N with tert-alkyl or cyclic N) is 1. The second-order valence-electron chi connectivity index (χ2n) is 7.75. The van der Waals surface area contributed by atoms with Gasteiger partial charge in [0, 0.05) is 63.4 Å². The number of ether oxygens (including phenoxy) is 1. The molecule has 2 heterocycles. The molecule has 1 atom stereocenters. The van der Waals surface area contributed by atoms with Gasteiger partial charge in [0.2, 0.25) is 0 Å². The van der Waals surface area contributed by atoms with Gasteiger partial charge in [0.1, 0.15) is 0 Å². The molecule has 0 aromatic carbocycles. The third-order valence-electron chi connectivity index (χ3n) is 4.62. The molecule has 2 rings (SSSR count). The van der Waals surface area contributed by atoms with Crippen LogP contribution in [0.25, 0.3) is 0 Å². The molecule has 0 aromatic rings. The molecule has 2 fully saturated rings. The lowest BCUT2D eigenvalue weighted by atomic mass is 9.85. The number of nitrogens with zero attached hydrogens (tertiary/aromatic N) is 2. The molecule has 0 amide bonds. The minimum atomic E-state index is 0.162. The lowest BCUT2D eigenvalue weighted by Crippen LogP contribution is -2.54. The van der Waals surface area contributed by atoms with E-state index in [0.29, 0.717) is 0 Å². The number of nitrogens with one attached hydrogen (secondary N) is 1. The summed E-state index contributed by atoms with van der Waals surface area (Å²) in [6.45, 7) is 16.1. The fourth-order valence-electron chi connectivity index (χ4n) is 3.21. The van der Waals surface area contributed by atoms with Crippen LogP contribution in [0.15, 0.2) is 0 Å². The Labute approximate surface area is 129 Å². The van der Waals surface area contributed by atoms with Gasteiger partial charge < -0.3 is 20.1 Å². The summed E-state index contributed by atoms with van der Waals surface area (Å²) in [7, 11) is 0.